The zero-order chi connectivity index (χ0) is 38.6. The normalized spacial score (nSPS) is 16.8. The fraction of sp³-hybridized carbons (Fsp3) is 0.302. The smallest absolute Gasteiger partial charge is 0.351 e. The number of carbonyl (C=O) groups excluding carboxylic acids is 2. The van der Waals surface area contributed by atoms with Crippen LogP contribution in [-0.2, 0) is 19.0 Å². The highest BCUT2D eigenvalue weighted by atomic mass is 35.5. The second kappa shape index (κ2) is 16.7. The maximum atomic E-state index is 13.8. The number of nitrogens with zero attached hydrogens (tertiary/aromatic N) is 1. The number of hydrogen-bond donors (Lipinski definition) is 2. The van der Waals surface area contributed by atoms with Gasteiger partial charge in [-0.2, -0.15) is 0 Å². The highest BCUT2D eigenvalue weighted by Gasteiger charge is 2.42. The average molecular weight is 756 g/mol. The first kappa shape index (κ1) is 38.9. The molecule has 0 bridgehead atoms. The molecule has 5 aromatic rings. The largest absolute Gasteiger partial charge is 0.476 e. The third kappa shape index (κ3) is 9.26. The predicted octanol–water partition coefficient (Wildman–Crippen LogP) is 8.53. The number of hydrogen-bond acceptors (Lipinski definition) is 8. The van der Waals surface area contributed by atoms with Crippen molar-refractivity contribution in [2.45, 2.75) is 76.8 Å². The number of rotatable bonds is 16. The fourth-order valence-electron chi connectivity index (χ4n) is 6.39. The molecule has 0 spiro atoms. The van der Waals surface area contributed by atoms with Gasteiger partial charge in [-0.1, -0.05) is 48.0 Å². The molecule has 0 aliphatic carbocycles. The Labute approximate surface area is 318 Å². The summed E-state index contributed by atoms with van der Waals surface area (Å²) in [7, 11) is 0. The Morgan fingerprint density at radius 3 is 2.26 bits per heavy atom. The minimum atomic E-state index is -1.36. The number of epoxide rings is 1. The number of aromatic nitrogens is 1. The number of carbonyl (C=O) groups is 2. The number of para-hydroxylation sites is 1. The Balaban J connectivity index is 0.968. The zero-order valence-electron chi connectivity index (χ0n) is 30.4. The van der Waals surface area contributed by atoms with E-state index in [1.54, 1.807) is 80.6 Å². The summed E-state index contributed by atoms with van der Waals surface area (Å²) in [5.41, 5.74) is 3.27. The standard InChI is InChI=1S/C43H43ClFNO8/c1-26(2)46-36-8-6-5-7-35(36)39(27-11-17-31(45)18-12-27)37(46)22-19-32(47)23-33(48)24-38-41(53-38)51-25-52-42(50)43(3,4)54-34-20-13-29(14-21-34)40(49)28-9-15-30(44)16-10-28/h5-22,26,32-33,38,41,47-48H,23-25H2,1-4H3/b22-19+/t32-,33-,38?,41?/m0/s1. The van der Waals surface area contributed by atoms with E-state index in [4.69, 9.17) is 30.5 Å². The van der Waals surface area contributed by atoms with Gasteiger partial charge in [0.1, 0.15) is 17.7 Å². The lowest BCUT2D eigenvalue weighted by atomic mass is 10.0. The number of aliphatic hydroxyl groups excluding tert-OH is 2. The van der Waals surface area contributed by atoms with Crippen LogP contribution in [0.4, 0.5) is 4.39 Å². The molecule has 54 heavy (non-hydrogen) atoms. The van der Waals surface area contributed by atoms with E-state index in [2.05, 4.69) is 18.4 Å². The van der Waals surface area contributed by atoms with Crippen molar-refractivity contribution >= 4 is 40.3 Å². The summed E-state index contributed by atoms with van der Waals surface area (Å²) in [5, 5.41) is 23.2. The van der Waals surface area contributed by atoms with E-state index in [1.165, 1.54) is 12.1 Å². The molecule has 0 amide bonds. The van der Waals surface area contributed by atoms with Crippen LogP contribution in [0.5, 0.6) is 5.75 Å². The van der Waals surface area contributed by atoms with Gasteiger partial charge in [-0.3, -0.25) is 4.79 Å². The molecule has 2 unspecified atom stereocenters. The maximum absolute atomic E-state index is 13.8. The van der Waals surface area contributed by atoms with E-state index in [-0.39, 0.29) is 37.3 Å². The van der Waals surface area contributed by atoms with Gasteiger partial charge in [-0.15, -0.1) is 0 Å². The molecule has 11 heteroatoms. The summed E-state index contributed by atoms with van der Waals surface area (Å²) in [6.45, 7) is 6.89. The molecular formula is C43H43ClFNO8. The first-order valence-electron chi connectivity index (χ1n) is 17.8. The maximum Gasteiger partial charge on any atom is 0.351 e. The van der Waals surface area contributed by atoms with E-state index in [9.17, 15) is 24.2 Å². The van der Waals surface area contributed by atoms with Gasteiger partial charge in [-0.05, 0) is 106 Å². The zero-order valence-corrected chi connectivity index (χ0v) is 31.2. The van der Waals surface area contributed by atoms with Crippen molar-refractivity contribution in [3.8, 4) is 16.9 Å². The van der Waals surface area contributed by atoms with Gasteiger partial charge in [0.15, 0.2) is 24.5 Å². The lowest BCUT2D eigenvalue weighted by Crippen LogP contribution is -2.40. The summed E-state index contributed by atoms with van der Waals surface area (Å²) < 4.78 is 38.1. The molecule has 0 radical (unpaired) electrons. The van der Waals surface area contributed by atoms with E-state index in [0.717, 1.165) is 27.7 Å². The number of ether oxygens (including phenoxy) is 4. The summed E-state index contributed by atoms with van der Waals surface area (Å²) in [4.78, 5) is 25.5. The SMILES string of the molecule is CC(C)n1c(/C=C/[C@H](O)C[C@H](O)CC2OC2OCOC(=O)C(C)(C)Oc2ccc(C(=O)c3ccc(Cl)cc3)cc2)c(-c2ccc(F)cc2)c2ccccc21. The number of fused-ring (bicyclic) bond motifs is 1. The molecule has 2 heterocycles. The van der Waals surface area contributed by atoms with Crippen LogP contribution in [0.25, 0.3) is 28.1 Å². The second-order valence-corrected chi connectivity index (χ2v) is 14.5. The Morgan fingerprint density at radius 1 is 0.944 bits per heavy atom. The summed E-state index contributed by atoms with van der Waals surface area (Å²) in [5.74, 6) is -0.788. The van der Waals surface area contributed by atoms with Crippen LogP contribution >= 0.6 is 11.6 Å². The van der Waals surface area contributed by atoms with Crippen LogP contribution in [0.2, 0.25) is 5.02 Å². The monoisotopic (exact) mass is 755 g/mol. The van der Waals surface area contributed by atoms with Crippen molar-refractivity contribution < 1.29 is 43.1 Å². The molecule has 4 atom stereocenters. The topological polar surface area (TPSA) is 120 Å². The Kier molecular flexibility index (Phi) is 12.0. The number of esters is 1. The van der Waals surface area contributed by atoms with Crippen molar-refractivity contribution in [2.75, 3.05) is 6.79 Å². The first-order valence-corrected chi connectivity index (χ1v) is 18.2. The highest BCUT2D eigenvalue weighted by molar-refractivity contribution is 6.30. The molecule has 1 aliphatic heterocycles. The predicted molar refractivity (Wildman–Crippen MR) is 205 cm³/mol. The van der Waals surface area contributed by atoms with E-state index in [0.29, 0.717) is 21.9 Å². The minimum absolute atomic E-state index is 0.0631. The Hall–Kier alpha value is -4.84. The molecule has 4 aromatic carbocycles. The molecule has 1 aliphatic rings. The van der Waals surface area contributed by atoms with Crippen molar-refractivity contribution in [3.63, 3.8) is 0 Å². The summed E-state index contributed by atoms with van der Waals surface area (Å²) >= 11 is 5.92. The number of aliphatic hydroxyl groups is 2. The summed E-state index contributed by atoms with van der Waals surface area (Å²) in [6, 6.07) is 27.5. The fourth-order valence-corrected chi connectivity index (χ4v) is 6.52. The van der Waals surface area contributed by atoms with Crippen LogP contribution in [-0.4, -0.2) is 63.5 Å². The Bertz CT molecular complexity index is 2110. The van der Waals surface area contributed by atoms with Crippen molar-refractivity contribution in [1.29, 1.82) is 0 Å². The third-order valence-corrected chi connectivity index (χ3v) is 9.39. The summed E-state index contributed by atoms with van der Waals surface area (Å²) in [6.07, 6.45) is 0.837. The molecule has 1 saturated heterocycles. The van der Waals surface area contributed by atoms with Gasteiger partial charge in [0.05, 0.1) is 12.2 Å². The molecule has 1 aromatic heterocycles. The molecule has 1 fully saturated rings. The Morgan fingerprint density at radius 2 is 1.59 bits per heavy atom. The lowest BCUT2D eigenvalue weighted by Gasteiger charge is -2.24. The first-order chi connectivity index (χ1) is 25.8. The van der Waals surface area contributed by atoms with E-state index < -0.39 is 36.2 Å². The van der Waals surface area contributed by atoms with Crippen molar-refractivity contribution in [3.05, 3.63) is 131 Å². The number of halogens is 2. The van der Waals surface area contributed by atoms with Gasteiger partial charge in [-0.25, -0.2) is 9.18 Å². The van der Waals surface area contributed by atoms with Crippen LogP contribution in [0.1, 0.15) is 68.2 Å². The second-order valence-electron chi connectivity index (χ2n) is 14.0. The van der Waals surface area contributed by atoms with Crippen molar-refractivity contribution in [1.82, 2.24) is 4.57 Å². The van der Waals surface area contributed by atoms with Gasteiger partial charge in [0, 0.05) is 57.2 Å². The van der Waals surface area contributed by atoms with Crippen LogP contribution in [0.15, 0.2) is 103 Å². The molecule has 2 N–H and O–H groups in total. The average Bonchev–Trinajstić information content (AvgIpc) is 3.78. The van der Waals surface area contributed by atoms with Crippen LogP contribution < -0.4 is 4.74 Å². The molecule has 282 valence electrons. The van der Waals surface area contributed by atoms with E-state index in [1.807, 2.05) is 30.3 Å². The quantitative estimate of drug-likeness (QED) is 0.0445. The van der Waals surface area contributed by atoms with Crippen molar-refractivity contribution in [2.24, 2.45) is 0 Å². The van der Waals surface area contributed by atoms with Crippen LogP contribution in [0.3, 0.4) is 0 Å². The number of ketones is 1. The van der Waals surface area contributed by atoms with Gasteiger partial charge < -0.3 is 33.7 Å². The van der Waals surface area contributed by atoms with E-state index >= 15 is 0 Å². The molecule has 0 saturated carbocycles. The van der Waals surface area contributed by atoms with Gasteiger partial charge in [0.25, 0.3) is 0 Å². The highest BCUT2D eigenvalue weighted by Crippen LogP contribution is 2.38. The molecule has 6 rings (SSSR count). The van der Waals surface area contributed by atoms with Gasteiger partial charge in [0.2, 0.25) is 0 Å². The van der Waals surface area contributed by atoms with Crippen LogP contribution in [0, 0.1) is 5.82 Å². The minimum Gasteiger partial charge on any atom is -0.476 e. The lowest BCUT2D eigenvalue weighted by molar-refractivity contribution is -0.175. The molecule has 9 nitrogen and oxygen atoms in total. The third-order valence-electron chi connectivity index (χ3n) is 9.14. The van der Waals surface area contributed by atoms with Gasteiger partial charge >= 0.3 is 5.97 Å². The number of benzene rings is 4. The molecular weight excluding hydrogens is 713 g/mol.